The van der Waals surface area contributed by atoms with Gasteiger partial charge in [0.15, 0.2) is 5.13 Å². The number of para-hydroxylation sites is 1. The Balaban J connectivity index is 2.59. The van der Waals surface area contributed by atoms with E-state index in [1.54, 1.807) is 18.4 Å². The molecule has 4 heteroatoms. The number of thiazole rings is 1. The fraction of sp³-hybridized carbons (Fsp3) is 0.308. The normalized spacial score (nSPS) is 10.8. The zero-order valence-electron chi connectivity index (χ0n) is 10.2. The molecule has 0 spiro atoms. The molecule has 90 valence electrons. The van der Waals surface area contributed by atoms with Gasteiger partial charge in [0.25, 0.3) is 0 Å². The lowest BCUT2D eigenvalue weighted by atomic mass is 10.0. The SMILES string of the molecule is COc1ccccc1-c1nc(N)sc1C(C)C. The van der Waals surface area contributed by atoms with Crippen molar-refractivity contribution in [3.05, 3.63) is 29.1 Å². The van der Waals surface area contributed by atoms with Gasteiger partial charge in [-0.25, -0.2) is 4.98 Å². The number of methoxy groups -OCH3 is 1. The monoisotopic (exact) mass is 248 g/mol. The van der Waals surface area contributed by atoms with E-state index in [1.807, 2.05) is 24.3 Å². The minimum absolute atomic E-state index is 0.407. The van der Waals surface area contributed by atoms with Crippen molar-refractivity contribution in [3.8, 4) is 17.0 Å². The first-order chi connectivity index (χ1) is 8.13. The number of nitrogen functional groups attached to an aromatic ring is 1. The van der Waals surface area contributed by atoms with Crippen LogP contribution >= 0.6 is 11.3 Å². The van der Waals surface area contributed by atoms with E-state index >= 15 is 0 Å². The Hall–Kier alpha value is -1.55. The first-order valence-electron chi connectivity index (χ1n) is 5.53. The average Bonchev–Trinajstić information content (AvgIpc) is 2.71. The molecule has 0 bridgehead atoms. The highest BCUT2D eigenvalue weighted by atomic mass is 32.1. The van der Waals surface area contributed by atoms with Gasteiger partial charge in [-0.3, -0.25) is 0 Å². The zero-order valence-corrected chi connectivity index (χ0v) is 11.0. The van der Waals surface area contributed by atoms with E-state index < -0.39 is 0 Å². The van der Waals surface area contributed by atoms with Crippen molar-refractivity contribution >= 4 is 16.5 Å². The van der Waals surface area contributed by atoms with Crippen molar-refractivity contribution in [2.45, 2.75) is 19.8 Å². The quantitative estimate of drug-likeness (QED) is 0.904. The summed E-state index contributed by atoms with van der Waals surface area (Å²) in [6, 6.07) is 7.89. The summed E-state index contributed by atoms with van der Waals surface area (Å²) >= 11 is 1.55. The first-order valence-corrected chi connectivity index (χ1v) is 6.34. The van der Waals surface area contributed by atoms with E-state index in [-0.39, 0.29) is 0 Å². The highest BCUT2D eigenvalue weighted by molar-refractivity contribution is 7.15. The van der Waals surface area contributed by atoms with Gasteiger partial charge in [0.2, 0.25) is 0 Å². The Bertz CT molecular complexity index is 520. The third-order valence-electron chi connectivity index (χ3n) is 2.56. The number of nitrogens with zero attached hydrogens (tertiary/aromatic N) is 1. The van der Waals surface area contributed by atoms with Crippen LogP contribution in [0.5, 0.6) is 5.75 Å². The molecule has 1 aromatic carbocycles. The molecule has 1 heterocycles. The fourth-order valence-corrected chi connectivity index (χ4v) is 2.62. The van der Waals surface area contributed by atoms with E-state index in [0.29, 0.717) is 11.0 Å². The maximum atomic E-state index is 5.81. The number of anilines is 1. The Morgan fingerprint density at radius 1 is 1.29 bits per heavy atom. The number of hydrogen-bond acceptors (Lipinski definition) is 4. The molecule has 17 heavy (non-hydrogen) atoms. The van der Waals surface area contributed by atoms with Gasteiger partial charge in [0.1, 0.15) is 5.75 Å². The predicted molar refractivity (Wildman–Crippen MR) is 72.6 cm³/mol. The summed E-state index contributed by atoms with van der Waals surface area (Å²) in [6.07, 6.45) is 0. The molecule has 0 aliphatic carbocycles. The van der Waals surface area contributed by atoms with E-state index in [1.165, 1.54) is 4.88 Å². The molecule has 0 saturated carbocycles. The van der Waals surface area contributed by atoms with Crippen LogP contribution in [0.25, 0.3) is 11.3 Å². The number of ether oxygens (including phenoxy) is 1. The minimum Gasteiger partial charge on any atom is -0.496 e. The van der Waals surface area contributed by atoms with Gasteiger partial charge in [0.05, 0.1) is 12.8 Å². The van der Waals surface area contributed by atoms with Crippen molar-refractivity contribution < 1.29 is 4.74 Å². The summed E-state index contributed by atoms with van der Waals surface area (Å²) in [5, 5.41) is 0.606. The molecule has 0 amide bonds. The highest BCUT2D eigenvalue weighted by Crippen LogP contribution is 2.38. The van der Waals surface area contributed by atoms with Gasteiger partial charge in [-0.05, 0) is 18.1 Å². The number of benzene rings is 1. The summed E-state index contributed by atoms with van der Waals surface area (Å²) in [5.41, 5.74) is 7.76. The third kappa shape index (κ3) is 2.26. The van der Waals surface area contributed by atoms with Crippen molar-refractivity contribution in [2.75, 3.05) is 12.8 Å². The van der Waals surface area contributed by atoms with Gasteiger partial charge in [-0.1, -0.05) is 26.0 Å². The molecule has 1 aromatic heterocycles. The van der Waals surface area contributed by atoms with Crippen LogP contribution in [0.15, 0.2) is 24.3 Å². The lowest BCUT2D eigenvalue weighted by Gasteiger charge is -2.09. The number of rotatable bonds is 3. The lowest BCUT2D eigenvalue weighted by molar-refractivity contribution is 0.416. The van der Waals surface area contributed by atoms with Crippen LogP contribution in [-0.4, -0.2) is 12.1 Å². The van der Waals surface area contributed by atoms with E-state index in [4.69, 9.17) is 10.5 Å². The van der Waals surface area contributed by atoms with E-state index in [9.17, 15) is 0 Å². The number of aromatic nitrogens is 1. The van der Waals surface area contributed by atoms with Crippen LogP contribution in [-0.2, 0) is 0 Å². The van der Waals surface area contributed by atoms with Gasteiger partial charge < -0.3 is 10.5 Å². The van der Waals surface area contributed by atoms with Crippen molar-refractivity contribution in [3.63, 3.8) is 0 Å². The molecule has 0 unspecified atom stereocenters. The minimum atomic E-state index is 0.407. The Kier molecular flexibility index (Phi) is 3.33. The van der Waals surface area contributed by atoms with Gasteiger partial charge in [-0.2, -0.15) is 0 Å². The molecule has 0 saturated heterocycles. The van der Waals surface area contributed by atoms with Crippen LogP contribution in [0.1, 0.15) is 24.6 Å². The van der Waals surface area contributed by atoms with Crippen LogP contribution in [0, 0.1) is 0 Å². The summed E-state index contributed by atoms with van der Waals surface area (Å²) in [5.74, 6) is 1.24. The van der Waals surface area contributed by atoms with Crippen molar-refractivity contribution in [1.29, 1.82) is 0 Å². The smallest absolute Gasteiger partial charge is 0.180 e. The molecule has 0 fully saturated rings. The lowest BCUT2D eigenvalue weighted by Crippen LogP contribution is -1.92. The molecule has 2 rings (SSSR count). The molecule has 0 atom stereocenters. The molecule has 0 aliphatic rings. The molecular weight excluding hydrogens is 232 g/mol. The first kappa shape index (κ1) is 11.9. The van der Waals surface area contributed by atoms with Gasteiger partial charge in [-0.15, -0.1) is 11.3 Å². The third-order valence-corrected chi connectivity index (χ3v) is 3.74. The molecule has 2 N–H and O–H groups in total. The summed E-state index contributed by atoms with van der Waals surface area (Å²) in [4.78, 5) is 5.63. The molecular formula is C13H16N2OS. The number of nitrogens with two attached hydrogens (primary N) is 1. The molecule has 3 nitrogen and oxygen atoms in total. The van der Waals surface area contributed by atoms with Gasteiger partial charge in [0, 0.05) is 10.4 Å². The molecule has 0 aliphatic heterocycles. The molecule has 0 radical (unpaired) electrons. The van der Waals surface area contributed by atoms with Crippen LogP contribution in [0.3, 0.4) is 0 Å². The Morgan fingerprint density at radius 2 is 2.00 bits per heavy atom. The Labute approximate surface area is 105 Å². The fourth-order valence-electron chi connectivity index (χ4n) is 1.77. The van der Waals surface area contributed by atoms with E-state index in [2.05, 4.69) is 18.8 Å². The second kappa shape index (κ2) is 4.75. The van der Waals surface area contributed by atoms with E-state index in [0.717, 1.165) is 17.0 Å². The number of hydrogen-bond donors (Lipinski definition) is 1. The zero-order chi connectivity index (χ0) is 12.4. The largest absolute Gasteiger partial charge is 0.496 e. The van der Waals surface area contributed by atoms with Crippen LogP contribution in [0.4, 0.5) is 5.13 Å². The topological polar surface area (TPSA) is 48.1 Å². The van der Waals surface area contributed by atoms with Crippen molar-refractivity contribution in [1.82, 2.24) is 4.98 Å². The second-order valence-corrected chi connectivity index (χ2v) is 5.18. The second-order valence-electron chi connectivity index (χ2n) is 4.12. The summed E-state index contributed by atoms with van der Waals surface area (Å²) in [7, 11) is 1.67. The van der Waals surface area contributed by atoms with Crippen LogP contribution in [0.2, 0.25) is 0 Å². The molecule has 2 aromatic rings. The van der Waals surface area contributed by atoms with Crippen molar-refractivity contribution in [2.24, 2.45) is 0 Å². The maximum absolute atomic E-state index is 5.81. The summed E-state index contributed by atoms with van der Waals surface area (Å²) in [6.45, 7) is 4.29. The average molecular weight is 248 g/mol. The standard InChI is InChI=1S/C13H16N2OS/c1-8(2)12-11(15-13(14)17-12)9-6-4-5-7-10(9)16-3/h4-8H,1-3H3,(H2,14,15). The van der Waals surface area contributed by atoms with Gasteiger partial charge >= 0.3 is 0 Å². The maximum Gasteiger partial charge on any atom is 0.180 e. The highest BCUT2D eigenvalue weighted by Gasteiger charge is 2.17. The van der Waals surface area contributed by atoms with Crippen LogP contribution < -0.4 is 10.5 Å². The Morgan fingerprint density at radius 3 is 2.65 bits per heavy atom. The predicted octanol–water partition coefficient (Wildman–Crippen LogP) is 3.52. The summed E-state index contributed by atoms with van der Waals surface area (Å²) < 4.78 is 5.37.